The van der Waals surface area contributed by atoms with Gasteiger partial charge in [-0.15, -0.1) is 0 Å². The van der Waals surface area contributed by atoms with Crippen LogP contribution in [-0.4, -0.2) is 74.7 Å². The van der Waals surface area contributed by atoms with E-state index in [2.05, 4.69) is 15.2 Å². The number of amides is 2. The minimum atomic E-state index is -4.83. The number of urea groups is 1. The zero-order chi connectivity index (χ0) is 26.4. The van der Waals surface area contributed by atoms with Gasteiger partial charge in [0.15, 0.2) is 5.82 Å². The van der Waals surface area contributed by atoms with E-state index < -0.39 is 29.7 Å². The van der Waals surface area contributed by atoms with Crippen LogP contribution < -0.4 is 0 Å². The van der Waals surface area contributed by atoms with E-state index in [1.54, 1.807) is 34.1 Å². The summed E-state index contributed by atoms with van der Waals surface area (Å²) in [7, 11) is 0. The molecule has 200 valence electrons. The third-order valence-corrected chi connectivity index (χ3v) is 8.52. The molecule has 1 aromatic heterocycles. The van der Waals surface area contributed by atoms with Crippen molar-refractivity contribution in [2.75, 3.05) is 26.2 Å². The number of nitrogens with zero attached hydrogens (tertiary/aromatic N) is 4. The Kier molecular flexibility index (Phi) is 5.19. The lowest BCUT2D eigenvalue weighted by Crippen LogP contribution is -2.67. The van der Waals surface area contributed by atoms with Crippen LogP contribution in [0.3, 0.4) is 0 Å². The average molecular weight is 529 g/mol. The number of carbonyl (C=O) groups excluding carboxylic acids is 1. The van der Waals surface area contributed by atoms with Crippen molar-refractivity contribution < 1.29 is 36.2 Å². The molecule has 0 unspecified atom stereocenters. The molecule has 4 aliphatic rings. The minimum absolute atomic E-state index is 0.0761. The van der Waals surface area contributed by atoms with E-state index >= 15 is 0 Å². The van der Waals surface area contributed by atoms with Crippen LogP contribution in [0.25, 0.3) is 0 Å². The highest BCUT2D eigenvalue weighted by atomic mass is 19.4. The number of carbonyl (C=O) groups is 1. The van der Waals surface area contributed by atoms with E-state index in [9.17, 15) is 36.2 Å². The number of rotatable bonds is 4. The second kappa shape index (κ2) is 7.84. The molecule has 13 heteroatoms. The lowest BCUT2D eigenvalue weighted by atomic mass is 9.57. The molecule has 1 aromatic carbocycles. The van der Waals surface area contributed by atoms with E-state index in [0.717, 1.165) is 5.56 Å². The van der Waals surface area contributed by atoms with Crippen LogP contribution in [0.2, 0.25) is 0 Å². The van der Waals surface area contributed by atoms with Crippen molar-refractivity contribution in [3.63, 3.8) is 0 Å². The van der Waals surface area contributed by atoms with Crippen molar-refractivity contribution in [1.82, 2.24) is 25.0 Å². The van der Waals surface area contributed by atoms with Crippen LogP contribution in [0.1, 0.15) is 66.4 Å². The van der Waals surface area contributed by atoms with Crippen molar-refractivity contribution in [1.29, 1.82) is 0 Å². The van der Waals surface area contributed by atoms with E-state index in [4.69, 9.17) is 0 Å². The number of likely N-dealkylation sites (tertiary alicyclic amines) is 2. The van der Waals surface area contributed by atoms with Crippen LogP contribution in [-0.2, 0) is 5.41 Å². The number of benzene rings is 1. The van der Waals surface area contributed by atoms with Crippen LogP contribution in [0, 0.1) is 5.41 Å². The Labute approximate surface area is 207 Å². The molecule has 2 aliphatic carbocycles. The zero-order valence-corrected chi connectivity index (χ0v) is 19.6. The first-order chi connectivity index (χ1) is 17.3. The zero-order valence-electron chi connectivity index (χ0n) is 19.6. The second-order valence-electron chi connectivity index (χ2n) is 11.1. The van der Waals surface area contributed by atoms with E-state index in [-0.39, 0.29) is 36.1 Å². The van der Waals surface area contributed by atoms with Crippen molar-refractivity contribution in [3.05, 3.63) is 47.0 Å². The van der Waals surface area contributed by atoms with Crippen molar-refractivity contribution in [2.24, 2.45) is 5.41 Å². The van der Waals surface area contributed by atoms with Gasteiger partial charge >= 0.3 is 18.4 Å². The van der Waals surface area contributed by atoms with Gasteiger partial charge in [-0.2, -0.15) is 31.4 Å². The fourth-order valence-electron chi connectivity index (χ4n) is 6.06. The molecule has 2 aliphatic heterocycles. The lowest BCUT2D eigenvalue weighted by molar-refractivity contribution is -0.209. The topological polar surface area (TPSA) is 85.3 Å². The molecule has 2 saturated heterocycles. The molecule has 2 N–H and O–H groups in total. The first-order valence-corrected chi connectivity index (χ1v) is 12.2. The Morgan fingerprint density at radius 2 is 1.62 bits per heavy atom. The fourth-order valence-corrected chi connectivity index (χ4v) is 6.06. The molecular formula is C24H25F6N5O2. The predicted molar refractivity (Wildman–Crippen MR) is 116 cm³/mol. The number of hydrogen-bond acceptors (Lipinski definition) is 4. The summed E-state index contributed by atoms with van der Waals surface area (Å²) >= 11 is 0. The number of hydrogen-bond donors (Lipinski definition) is 2. The van der Waals surface area contributed by atoms with Gasteiger partial charge < -0.3 is 14.9 Å². The third-order valence-electron chi connectivity index (χ3n) is 8.52. The molecule has 2 aromatic rings. The molecule has 1 spiro atoms. The number of halogens is 6. The second-order valence-corrected chi connectivity index (χ2v) is 11.1. The molecule has 6 rings (SSSR count). The highest BCUT2D eigenvalue weighted by molar-refractivity contribution is 5.77. The number of aromatic amines is 1. The summed E-state index contributed by atoms with van der Waals surface area (Å²) in [4.78, 5) is 20.1. The molecule has 0 bridgehead atoms. The van der Waals surface area contributed by atoms with Gasteiger partial charge in [-0.05, 0) is 36.8 Å². The summed E-state index contributed by atoms with van der Waals surface area (Å²) in [5.74, 6) is -0.381. The number of alkyl halides is 6. The average Bonchev–Trinajstić information content (AvgIpc) is 3.43. The van der Waals surface area contributed by atoms with Crippen LogP contribution >= 0.6 is 0 Å². The number of aromatic nitrogens is 3. The molecule has 37 heavy (non-hydrogen) atoms. The van der Waals surface area contributed by atoms with Gasteiger partial charge in [0.25, 0.3) is 0 Å². The summed E-state index contributed by atoms with van der Waals surface area (Å²) in [6, 6.07) is 6.53. The molecule has 2 amide bonds. The molecule has 3 heterocycles. The standard InChI is InChI=1S/C24H25F6N5O2/c25-23(26,27)17(36)19-31-18(32-33-19)14-7-21(8-14)11-35(12-21)20(37)34-9-15(10-34)13-1-3-16(4-2-13)22(5-6-22)24(28,29)30/h1-4,14-15,17,36H,5-12H2,(H,31,32,33)/t17-/m0/s1. The van der Waals surface area contributed by atoms with Crippen molar-refractivity contribution in [2.45, 2.75) is 61.4 Å². The molecule has 0 radical (unpaired) electrons. The SMILES string of the molecule is O=C(N1CC(c2ccc(C3(C(F)(F)F)CC3)cc2)C1)N1CC2(CC(c3nc([C@H](O)C(F)(F)F)n[nH]3)C2)C1. The molecule has 1 atom stereocenters. The van der Waals surface area contributed by atoms with Crippen molar-refractivity contribution in [3.8, 4) is 0 Å². The first-order valence-electron chi connectivity index (χ1n) is 12.2. The number of H-pyrrole nitrogens is 1. The monoisotopic (exact) mass is 529 g/mol. The maximum atomic E-state index is 13.3. The minimum Gasteiger partial charge on any atom is -0.377 e. The normalized spacial score (nSPS) is 23.9. The summed E-state index contributed by atoms with van der Waals surface area (Å²) in [6.07, 6.45) is -10.2. The highest BCUT2D eigenvalue weighted by Gasteiger charge is 2.64. The number of aliphatic hydroxyl groups is 1. The maximum Gasteiger partial charge on any atom is 0.421 e. The Morgan fingerprint density at radius 1 is 1.00 bits per heavy atom. The Morgan fingerprint density at radius 3 is 2.16 bits per heavy atom. The van der Waals surface area contributed by atoms with Gasteiger partial charge in [0.2, 0.25) is 6.10 Å². The summed E-state index contributed by atoms with van der Waals surface area (Å²) < 4.78 is 77.9. The largest absolute Gasteiger partial charge is 0.421 e. The predicted octanol–water partition coefficient (Wildman–Crippen LogP) is 4.39. The maximum absolute atomic E-state index is 13.3. The number of aliphatic hydroxyl groups excluding tert-OH is 1. The number of nitrogens with one attached hydrogen (secondary N) is 1. The van der Waals surface area contributed by atoms with Crippen LogP contribution in [0.5, 0.6) is 0 Å². The van der Waals surface area contributed by atoms with Crippen LogP contribution in [0.15, 0.2) is 24.3 Å². The quantitative estimate of drug-likeness (QED) is 0.576. The highest BCUT2D eigenvalue weighted by Crippen LogP contribution is 2.59. The van der Waals surface area contributed by atoms with E-state index in [0.29, 0.717) is 50.4 Å². The van der Waals surface area contributed by atoms with Crippen LogP contribution in [0.4, 0.5) is 31.1 Å². The van der Waals surface area contributed by atoms with E-state index in [1.807, 2.05) is 0 Å². The Hall–Kier alpha value is -2.83. The summed E-state index contributed by atoms with van der Waals surface area (Å²) in [5, 5.41) is 15.3. The molecule has 2 saturated carbocycles. The van der Waals surface area contributed by atoms with Crippen molar-refractivity contribution >= 4 is 6.03 Å². The van der Waals surface area contributed by atoms with Gasteiger partial charge in [-0.25, -0.2) is 9.78 Å². The van der Waals surface area contributed by atoms with Gasteiger partial charge in [-0.3, -0.25) is 5.10 Å². The van der Waals surface area contributed by atoms with Gasteiger partial charge in [0.1, 0.15) is 5.82 Å². The molecular weight excluding hydrogens is 504 g/mol. The summed E-state index contributed by atoms with van der Waals surface area (Å²) in [6.45, 7) is 2.14. The smallest absolute Gasteiger partial charge is 0.377 e. The molecule has 7 nitrogen and oxygen atoms in total. The summed E-state index contributed by atoms with van der Waals surface area (Å²) in [5.41, 5.74) is -0.539. The Balaban J connectivity index is 0.968. The van der Waals surface area contributed by atoms with E-state index in [1.165, 1.54) is 0 Å². The fraction of sp³-hybridized carbons (Fsp3) is 0.625. The third kappa shape index (κ3) is 3.96. The lowest BCUT2D eigenvalue weighted by Gasteiger charge is -2.59. The Bertz CT molecular complexity index is 1190. The molecule has 4 fully saturated rings. The van der Waals surface area contributed by atoms with Gasteiger partial charge in [-0.1, -0.05) is 24.3 Å². The van der Waals surface area contributed by atoms with Gasteiger partial charge in [0.05, 0.1) is 5.41 Å². The van der Waals surface area contributed by atoms with Gasteiger partial charge in [0, 0.05) is 43.4 Å². The first kappa shape index (κ1) is 24.5.